The summed E-state index contributed by atoms with van der Waals surface area (Å²) in [7, 11) is 0. The van der Waals surface area contributed by atoms with Gasteiger partial charge in [0.1, 0.15) is 5.82 Å². The van der Waals surface area contributed by atoms with Crippen LogP contribution in [0.3, 0.4) is 0 Å². The predicted octanol–water partition coefficient (Wildman–Crippen LogP) is 3.22. The number of pyridine rings is 1. The van der Waals surface area contributed by atoms with E-state index in [-0.39, 0.29) is 0 Å². The lowest BCUT2D eigenvalue weighted by atomic mass is 10.3. The van der Waals surface area contributed by atoms with Crippen molar-refractivity contribution in [2.24, 2.45) is 0 Å². The highest BCUT2D eigenvalue weighted by molar-refractivity contribution is 9.10. The van der Waals surface area contributed by atoms with Crippen molar-refractivity contribution >= 4 is 21.7 Å². The minimum Gasteiger partial charge on any atom is -0.354 e. The molecule has 0 aromatic carbocycles. The molecule has 1 saturated carbocycles. The summed E-state index contributed by atoms with van der Waals surface area (Å²) < 4.78 is 1.05. The van der Waals surface area contributed by atoms with Gasteiger partial charge < -0.3 is 4.90 Å². The second-order valence-electron chi connectivity index (χ2n) is 3.76. The maximum Gasteiger partial charge on any atom is 0.128 e. The fourth-order valence-corrected chi connectivity index (χ4v) is 1.88. The summed E-state index contributed by atoms with van der Waals surface area (Å²) in [6.45, 7) is 3.34. The molecule has 0 bridgehead atoms. The van der Waals surface area contributed by atoms with Crippen LogP contribution in [0.5, 0.6) is 0 Å². The Bertz CT molecular complexity index is 293. The minimum absolute atomic E-state index is 0.753. The lowest BCUT2D eigenvalue weighted by molar-refractivity contribution is 0.750. The largest absolute Gasteiger partial charge is 0.354 e. The molecular weight excluding hydrogens is 240 g/mol. The van der Waals surface area contributed by atoms with Gasteiger partial charge in [0, 0.05) is 23.3 Å². The number of anilines is 1. The second-order valence-corrected chi connectivity index (χ2v) is 4.67. The quantitative estimate of drug-likeness (QED) is 0.821. The molecule has 1 heterocycles. The van der Waals surface area contributed by atoms with Crippen molar-refractivity contribution < 1.29 is 0 Å². The van der Waals surface area contributed by atoms with E-state index in [9.17, 15) is 0 Å². The normalized spacial score (nSPS) is 15.6. The molecule has 2 rings (SSSR count). The molecule has 0 aliphatic heterocycles. The number of nitrogens with zero attached hydrogens (tertiary/aromatic N) is 2. The summed E-state index contributed by atoms with van der Waals surface area (Å²) >= 11 is 3.41. The number of hydrogen-bond acceptors (Lipinski definition) is 2. The first-order valence-electron chi connectivity index (χ1n) is 5.19. The molecule has 14 heavy (non-hydrogen) atoms. The molecule has 76 valence electrons. The van der Waals surface area contributed by atoms with Crippen LogP contribution in [0.2, 0.25) is 0 Å². The molecule has 1 aromatic rings. The second kappa shape index (κ2) is 4.30. The SMILES string of the molecule is CCCN(c1ccc(Br)cn1)C1CC1. The van der Waals surface area contributed by atoms with Crippen molar-refractivity contribution in [2.75, 3.05) is 11.4 Å². The number of hydrogen-bond donors (Lipinski definition) is 0. The molecule has 0 unspecified atom stereocenters. The Hall–Kier alpha value is -0.570. The standard InChI is InChI=1S/C11H15BrN2/c1-2-7-14(10-4-5-10)11-6-3-9(12)8-13-11/h3,6,8,10H,2,4-5,7H2,1H3. The fourth-order valence-electron chi connectivity index (χ4n) is 1.65. The summed E-state index contributed by atoms with van der Waals surface area (Å²) in [5.41, 5.74) is 0. The Labute approximate surface area is 93.5 Å². The van der Waals surface area contributed by atoms with Crippen LogP contribution in [0.4, 0.5) is 5.82 Å². The van der Waals surface area contributed by atoms with Gasteiger partial charge in [0.2, 0.25) is 0 Å². The zero-order valence-electron chi connectivity index (χ0n) is 8.41. The van der Waals surface area contributed by atoms with Crippen molar-refractivity contribution in [3.63, 3.8) is 0 Å². The van der Waals surface area contributed by atoms with Gasteiger partial charge in [-0.15, -0.1) is 0 Å². The van der Waals surface area contributed by atoms with Gasteiger partial charge in [-0.05, 0) is 47.3 Å². The van der Waals surface area contributed by atoms with E-state index in [1.54, 1.807) is 0 Å². The average molecular weight is 255 g/mol. The minimum atomic E-state index is 0.753. The van der Waals surface area contributed by atoms with E-state index >= 15 is 0 Å². The molecule has 3 heteroatoms. The van der Waals surface area contributed by atoms with E-state index in [1.807, 2.05) is 6.20 Å². The summed E-state index contributed by atoms with van der Waals surface area (Å²) in [5, 5.41) is 0. The molecule has 1 fully saturated rings. The van der Waals surface area contributed by atoms with Crippen LogP contribution < -0.4 is 4.90 Å². The summed E-state index contributed by atoms with van der Waals surface area (Å²) in [6, 6.07) is 4.91. The molecule has 1 aromatic heterocycles. The first-order valence-corrected chi connectivity index (χ1v) is 5.98. The molecular formula is C11H15BrN2. The van der Waals surface area contributed by atoms with Gasteiger partial charge in [-0.3, -0.25) is 0 Å². The zero-order chi connectivity index (χ0) is 9.97. The predicted molar refractivity (Wildman–Crippen MR) is 62.6 cm³/mol. The molecule has 1 aliphatic rings. The maximum absolute atomic E-state index is 4.44. The zero-order valence-corrected chi connectivity index (χ0v) is 10.00. The van der Waals surface area contributed by atoms with Crippen LogP contribution in [0.15, 0.2) is 22.8 Å². The van der Waals surface area contributed by atoms with Crippen LogP contribution in [0, 0.1) is 0 Å². The summed E-state index contributed by atoms with van der Waals surface area (Å²) in [5.74, 6) is 1.12. The highest BCUT2D eigenvalue weighted by Crippen LogP contribution is 2.30. The van der Waals surface area contributed by atoms with Crippen LogP contribution in [0.1, 0.15) is 26.2 Å². The first kappa shape index (κ1) is 9.97. The lowest BCUT2D eigenvalue weighted by Gasteiger charge is -2.22. The van der Waals surface area contributed by atoms with Gasteiger partial charge in [0.15, 0.2) is 0 Å². The Morgan fingerprint density at radius 3 is 2.79 bits per heavy atom. The van der Waals surface area contributed by atoms with Crippen molar-refractivity contribution in [1.82, 2.24) is 4.98 Å². The Morgan fingerprint density at radius 2 is 2.29 bits per heavy atom. The van der Waals surface area contributed by atoms with Crippen molar-refractivity contribution in [1.29, 1.82) is 0 Å². The van der Waals surface area contributed by atoms with Crippen LogP contribution >= 0.6 is 15.9 Å². The van der Waals surface area contributed by atoms with Gasteiger partial charge >= 0.3 is 0 Å². The van der Waals surface area contributed by atoms with E-state index in [2.05, 4.69) is 44.9 Å². The third-order valence-electron chi connectivity index (χ3n) is 2.46. The lowest BCUT2D eigenvalue weighted by Crippen LogP contribution is -2.27. The molecule has 0 amide bonds. The van der Waals surface area contributed by atoms with Gasteiger partial charge in [-0.25, -0.2) is 4.98 Å². The molecule has 0 N–H and O–H groups in total. The summed E-state index contributed by atoms with van der Waals surface area (Å²) in [4.78, 5) is 6.86. The van der Waals surface area contributed by atoms with Crippen molar-refractivity contribution in [3.05, 3.63) is 22.8 Å². The molecule has 1 aliphatic carbocycles. The van der Waals surface area contributed by atoms with Crippen LogP contribution in [-0.2, 0) is 0 Å². The average Bonchev–Trinajstić information content (AvgIpc) is 2.99. The Balaban J connectivity index is 2.13. The van der Waals surface area contributed by atoms with Gasteiger partial charge in [-0.2, -0.15) is 0 Å². The van der Waals surface area contributed by atoms with Gasteiger partial charge in [0.05, 0.1) is 0 Å². The number of halogens is 1. The van der Waals surface area contributed by atoms with E-state index in [1.165, 1.54) is 19.3 Å². The van der Waals surface area contributed by atoms with Crippen molar-refractivity contribution in [2.45, 2.75) is 32.2 Å². The fraction of sp³-hybridized carbons (Fsp3) is 0.545. The third-order valence-corrected chi connectivity index (χ3v) is 2.93. The van der Waals surface area contributed by atoms with E-state index in [4.69, 9.17) is 0 Å². The van der Waals surface area contributed by atoms with E-state index < -0.39 is 0 Å². The smallest absolute Gasteiger partial charge is 0.128 e. The molecule has 0 spiro atoms. The number of aromatic nitrogens is 1. The monoisotopic (exact) mass is 254 g/mol. The van der Waals surface area contributed by atoms with Gasteiger partial charge in [-0.1, -0.05) is 6.92 Å². The highest BCUT2D eigenvalue weighted by Gasteiger charge is 2.29. The first-order chi connectivity index (χ1) is 6.81. The van der Waals surface area contributed by atoms with E-state index in [0.29, 0.717) is 0 Å². The van der Waals surface area contributed by atoms with Gasteiger partial charge in [0.25, 0.3) is 0 Å². The number of rotatable bonds is 4. The third kappa shape index (κ3) is 2.27. The van der Waals surface area contributed by atoms with Crippen molar-refractivity contribution in [3.8, 4) is 0 Å². The molecule has 0 saturated heterocycles. The highest BCUT2D eigenvalue weighted by atomic mass is 79.9. The van der Waals surface area contributed by atoms with E-state index in [0.717, 1.165) is 22.9 Å². The maximum atomic E-state index is 4.44. The topological polar surface area (TPSA) is 16.1 Å². The van der Waals surface area contributed by atoms with Crippen LogP contribution in [-0.4, -0.2) is 17.6 Å². The Morgan fingerprint density at radius 1 is 1.50 bits per heavy atom. The molecule has 0 atom stereocenters. The molecule has 2 nitrogen and oxygen atoms in total. The molecule has 0 radical (unpaired) electrons. The Kier molecular flexibility index (Phi) is 3.06. The van der Waals surface area contributed by atoms with Crippen LogP contribution in [0.25, 0.3) is 0 Å². The summed E-state index contributed by atoms with van der Waals surface area (Å²) in [6.07, 6.45) is 5.73.